The summed E-state index contributed by atoms with van der Waals surface area (Å²) in [6.07, 6.45) is -1.38. The Kier molecular flexibility index (Phi) is 4.17. The first-order valence-corrected chi connectivity index (χ1v) is 8.63. The van der Waals surface area contributed by atoms with Crippen LogP contribution in [-0.2, 0) is 9.53 Å². The van der Waals surface area contributed by atoms with E-state index in [9.17, 15) is 9.59 Å². The highest BCUT2D eigenvalue weighted by Gasteiger charge is 2.61. The maximum atomic E-state index is 12.9. The summed E-state index contributed by atoms with van der Waals surface area (Å²) in [5.41, 5.74) is -1.13. The van der Waals surface area contributed by atoms with Crippen LogP contribution in [0.2, 0.25) is 0 Å². The fourth-order valence-electron chi connectivity index (χ4n) is 3.62. The molecule has 3 rings (SSSR count). The van der Waals surface area contributed by atoms with Crippen molar-refractivity contribution >= 4 is 12.0 Å². The highest BCUT2D eigenvalue weighted by molar-refractivity contribution is 5.87. The summed E-state index contributed by atoms with van der Waals surface area (Å²) >= 11 is 0. The van der Waals surface area contributed by atoms with Gasteiger partial charge in [-0.1, -0.05) is 32.0 Å². The third-order valence-electron chi connectivity index (χ3n) is 4.65. The van der Waals surface area contributed by atoms with Crippen LogP contribution < -0.4 is 4.74 Å². The molecule has 6 heteroatoms. The summed E-state index contributed by atoms with van der Waals surface area (Å²) in [5, 5.41) is 0. The fourth-order valence-corrected chi connectivity index (χ4v) is 3.62. The summed E-state index contributed by atoms with van der Waals surface area (Å²) in [7, 11) is 0. The van der Waals surface area contributed by atoms with E-state index in [1.165, 1.54) is 0 Å². The minimum absolute atomic E-state index is 0.0788. The molecule has 1 aromatic rings. The van der Waals surface area contributed by atoms with Crippen LogP contribution in [0.25, 0.3) is 0 Å². The van der Waals surface area contributed by atoms with Crippen molar-refractivity contribution in [2.45, 2.75) is 52.5 Å². The normalized spacial score (nSPS) is 25.1. The van der Waals surface area contributed by atoms with Gasteiger partial charge in [-0.25, -0.2) is 4.79 Å². The van der Waals surface area contributed by atoms with E-state index in [-0.39, 0.29) is 18.2 Å². The lowest BCUT2D eigenvalue weighted by atomic mass is 9.86. The molecule has 0 aliphatic carbocycles. The molecular weight excluding hydrogens is 320 g/mol. The van der Waals surface area contributed by atoms with E-state index < -0.39 is 17.1 Å². The third kappa shape index (κ3) is 3.17. The molecule has 1 aromatic carbocycles. The molecule has 2 saturated heterocycles. The first kappa shape index (κ1) is 17.6. The topological polar surface area (TPSA) is 59.1 Å². The maximum absolute atomic E-state index is 12.9. The fraction of sp³-hybridized carbons (Fsp3) is 0.579. The first-order valence-electron chi connectivity index (χ1n) is 8.63. The average Bonchev–Trinajstić information content (AvgIpc) is 3.03. The van der Waals surface area contributed by atoms with Gasteiger partial charge < -0.3 is 14.4 Å². The lowest BCUT2D eigenvalue weighted by Crippen LogP contribution is -2.50. The highest BCUT2D eigenvalue weighted by Crippen LogP contribution is 2.44. The molecule has 136 valence electrons. The number of para-hydroxylation sites is 1. The Bertz CT molecular complexity index is 666. The van der Waals surface area contributed by atoms with Gasteiger partial charge >= 0.3 is 6.09 Å². The van der Waals surface area contributed by atoms with Gasteiger partial charge in [-0.2, -0.15) is 0 Å². The molecule has 0 unspecified atom stereocenters. The number of hydrogen-bond acceptors (Lipinski definition) is 4. The molecule has 25 heavy (non-hydrogen) atoms. The van der Waals surface area contributed by atoms with Crippen molar-refractivity contribution in [1.82, 2.24) is 9.80 Å². The van der Waals surface area contributed by atoms with Crippen LogP contribution in [0.4, 0.5) is 4.79 Å². The quantitative estimate of drug-likeness (QED) is 0.826. The zero-order valence-electron chi connectivity index (χ0n) is 15.5. The molecule has 2 aliphatic heterocycles. The largest absolute Gasteiger partial charge is 0.480 e. The lowest BCUT2D eigenvalue weighted by molar-refractivity contribution is -0.134. The van der Waals surface area contributed by atoms with Gasteiger partial charge in [0.2, 0.25) is 0 Å². The minimum Gasteiger partial charge on any atom is -0.480 e. The van der Waals surface area contributed by atoms with E-state index in [1.54, 1.807) is 9.80 Å². The second kappa shape index (κ2) is 5.93. The molecule has 0 saturated carbocycles. The Morgan fingerprint density at radius 1 is 1.16 bits per heavy atom. The molecular formula is C19H26N2O4. The Morgan fingerprint density at radius 3 is 2.40 bits per heavy atom. The van der Waals surface area contributed by atoms with Crippen LogP contribution >= 0.6 is 0 Å². The predicted molar refractivity (Wildman–Crippen MR) is 93.1 cm³/mol. The van der Waals surface area contributed by atoms with Crippen LogP contribution in [-0.4, -0.2) is 52.8 Å². The Labute approximate surface area is 148 Å². The van der Waals surface area contributed by atoms with Gasteiger partial charge in [-0.15, -0.1) is 0 Å². The summed E-state index contributed by atoms with van der Waals surface area (Å²) < 4.78 is 11.5. The van der Waals surface area contributed by atoms with Gasteiger partial charge in [-0.3, -0.25) is 9.69 Å². The summed E-state index contributed by atoms with van der Waals surface area (Å²) in [6.45, 7) is 10.4. The number of carbonyl (C=O) groups excluding carboxylic acids is 2. The van der Waals surface area contributed by atoms with Crippen molar-refractivity contribution in [1.29, 1.82) is 0 Å². The number of amides is 2. The van der Waals surface area contributed by atoms with Crippen LogP contribution in [0.3, 0.4) is 0 Å². The smallest absolute Gasteiger partial charge is 0.412 e. The van der Waals surface area contributed by atoms with Crippen LogP contribution in [0.1, 0.15) is 34.6 Å². The number of fused-ring (bicyclic) bond motifs is 1. The number of nitrogens with zero attached hydrogens (tertiary/aromatic N) is 2. The van der Waals surface area contributed by atoms with E-state index in [4.69, 9.17) is 9.47 Å². The zero-order chi connectivity index (χ0) is 18.4. The van der Waals surface area contributed by atoms with Crippen LogP contribution in [0.15, 0.2) is 30.3 Å². The molecule has 2 atom stereocenters. The SMILES string of the molecule is CC(C)(C)OC(=O)N1CCN2C(=O)[C@@H](Oc3ccccc3)C(C)(C)[C@@H]12. The minimum atomic E-state index is -0.634. The van der Waals surface area contributed by atoms with E-state index >= 15 is 0 Å². The Hall–Kier alpha value is -2.24. The van der Waals surface area contributed by atoms with Crippen LogP contribution in [0, 0.1) is 5.41 Å². The number of hydrogen-bond donors (Lipinski definition) is 0. The van der Waals surface area contributed by atoms with Crippen molar-refractivity contribution in [3.8, 4) is 5.75 Å². The number of benzene rings is 1. The second-order valence-electron chi connectivity index (χ2n) is 8.21. The molecule has 0 spiro atoms. The molecule has 2 heterocycles. The zero-order valence-corrected chi connectivity index (χ0v) is 15.5. The van der Waals surface area contributed by atoms with E-state index in [0.29, 0.717) is 18.8 Å². The molecule has 0 bridgehead atoms. The molecule has 0 radical (unpaired) electrons. The second-order valence-corrected chi connectivity index (χ2v) is 8.21. The van der Waals surface area contributed by atoms with Crippen molar-refractivity contribution in [3.63, 3.8) is 0 Å². The molecule has 2 aliphatic rings. The van der Waals surface area contributed by atoms with Crippen molar-refractivity contribution in [2.24, 2.45) is 5.41 Å². The molecule has 6 nitrogen and oxygen atoms in total. The number of carbonyl (C=O) groups is 2. The van der Waals surface area contributed by atoms with Gasteiger partial charge in [0, 0.05) is 13.1 Å². The Morgan fingerprint density at radius 2 is 1.80 bits per heavy atom. The Balaban J connectivity index is 1.83. The van der Waals surface area contributed by atoms with Gasteiger partial charge in [0.15, 0.2) is 6.10 Å². The molecule has 0 N–H and O–H groups in total. The number of ether oxygens (including phenoxy) is 2. The van der Waals surface area contributed by atoms with Gasteiger partial charge in [0.05, 0.1) is 5.41 Å². The van der Waals surface area contributed by atoms with E-state index in [0.717, 1.165) is 0 Å². The monoisotopic (exact) mass is 346 g/mol. The highest BCUT2D eigenvalue weighted by atomic mass is 16.6. The van der Waals surface area contributed by atoms with Crippen LogP contribution in [0.5, 0.6) is 5.75 Å². The van der Waals surface area contributed by atoms with Crippen molar-refractivity contribution in [3.05, 3.63) is 30.3 Å². The first-order chi connectivity index (χ1) is 11.6. The standard InChI is InChI=1S/C19H26N2O4/c1-18(2,3)25-17(23)21-12-11-20-15(22)14(19(4,5)16(20)21)24-13-9-7-6-8-10-13/h6-10,14,16H,11-12H2,1-5H3/t14-,16-/m1/s1. The summed E-state index contributed by atoms with van der Waals surface area (Å²) in [5.74, 6) is 0.573. The summed E-state index contributed by atoms with van der Waals surface area (Å²) in [6, 6.07) is 9.31. The average molecular weight is 346 g/mol. The van der Waals surface area contributed by atoms with E-state index in [1.807, 2.05) is 65.0 Å². The van der Waals surface area contributed by atoms with Gasteiger partial charge in [0.1, 0.15) is 17.5 Å². The number of rotatable bonds is 2. The molecule has 2 amide bonds. The van der Waals surface area contributed by atoms with Gasteiger partial charge in [0.25, 0.3) is 5.91 Å². The lowest BCUT2D eigenvalue weighted by Gasteiger charge is -2.36. The third-order valence-corrected chi connectivity index (χ3v) is 4.65. The molecule has 2 fully saturated rings. The van der Waals surface area contributed by atoms with Gasteiger partial charge in [-0.05, 0) is 32.9 Å². The van der Waals surface area contributed by atoms with Crippen molar-refractivity contribution < 1.29 is 19.1 Å². The summed E-state index contributed by atoms with van der Waals surface area (Å²) in [4.78, 5) is 28.9. The maximum Gasteiger partial charge on any atom is 0.412 e. The van der Waals surface area contributed by atoms with Crippen molar-refractivity contribution in [2.75, 3.05) is 13.1 Å². The predicted octanol–water partition coefficient (Wildman–Crippen LogP) is 2.88. The molecule has 0 aromatic heterocycles. The van der Waals surface area contributed by atoms with E-state index in [2.05, 4.69) is 0 Å².